The molecule has 3 heterocycles. The van der Waals surface area contributed by atoms with Gasteiger partial charge in [-0.3, -0.25) is 0 Å². The number of para-hydroxylation sites is 1. The van der Waals surface area contributed by atoms with Crippen molar-refractivity contribution in [2.45, 2.75) is 25.9 Å². The molecule has 21 heavy (non-hydrogen) atoms. The fourth-order valence-corrected chi connectivity index (χ4v) is 2.84. The highest BCUT2D eigenvalue weighted by Crippen LogP contribution is 2.31. The van der Waals surface area contributed by atoms with Crippen LogP contribution in [-0.2, 0) is 4.74 Å². The number of hydrogen-bond donors (Lipinski definition) is 1. The molecule has 5 heteroatoms. The zero-order valence-electron chi connectivity index (χ0n) is 11.9. The lowest BCUT2D eigenvalue weighted by Crippen LogP contribution is -2.19. The smallest absolute Gasteiger partial charge is 0.196 e. The molecule has 0 radical (unpaired) electrons. The maximum atomic E-state index is 5.93. The normalized spacial score (nSPS) is 18.6. The van der Waals surface area contributed by atoms with Gasteiger partial charge in [-0.05, 0) is 31.9 Å². The van der Waals surface area contributed by atoms with E-state index in [4.69, 9.17) is 9.15 Å². The van der Waals surface area contributed by atoms with Crippen LogP contribution in [0.1, 0.15) is 18.7 Å². The largest absolute Gasteiger partial charge is 0.450 e. The van der Waals surface area contributed by atoms with E-state index in [1.54, 1.807) is 0 Å². The van der Waals surface area contributed by atoms with Gasteiger partial charge >= 0.3 is 0 Å². The van der Waals surface area contributed by atoms with Gasteiger partial charge in [-0.1, -0.05) is 12.1 Å². The van der Waals surface area contributed by atoms with Crippen LogP contribution in [0.2, 0.25) is 0 Å². The Morgan fingerprint density at radius 3 is 3.05 bits per heavy atom. The molecule has 0 bridgehead atoms. The van der Waals surface area contributed by atoms with E-state index >= 15 is 0 Å². The van der Waals surface area contributed by atoms with Gasteiger partial charge in [-0.25, -0.2) is 9.97 Å². The van der Waals surface area contributed by atoms with Crippen molar-refractivity contribution in [1.29, 1.82) is 0 Å². The van der Waals surface area contributed by atoms with Gasteiger partial charge in [0.1, 0.15) is 16.9 Å². The number of fused-ring (bicyclic) bond motifs is 3. The van der Waals surface area contributed by atoms with Crippen molar-refractivity contribution in [2.75, 3.05) is 18.5 Å². The maximum absolute atomic E-state index is 5.93. The minimum atomic E-state index is 0.264. The zero-order chi connectivity index (χ0) is 14.2. The molecular weight excluding hydrogens is 266 g/mol. The molecule has 4 rings (SSSR count). The zero-order valence-corrected chi connectivity index (χ0v) is 11.9. The fourth-order valence-electron chi connectivity index (χ4n) is 2.84. The summed E-state index contributed by atoms with van der Waals surface area (Å²) >= 11 is 0. The Bertz CT molecular complexity index is 791. The molecule has 1 saturated heterocycles. The molecule has 0 spiro atoms. The topological polar surface area (TPSA) is 60.2 Å². The highest BCUT2D eigenvalue weighted by molar-refractivity contribution is 6.05. The first-order valence-corrected chi connectivity index (χ1v) is 7.32. The van der Waals surface area contributed by atoms with Crippen LogP contribution in [-0.4, -0.2) is 29.2 Å². The molecule has 1 N–H and O–H groups in total. The maximum Gasteiger partial charge on any atom is 0.196 e. The lowest BCUT2D eigenvalue weighted by molar-refractivity contribution is 0.120. The van der Waals surface area contributed by atoms with Gasteiger partial charge in [0, 0.05) is 18.5 Å². The van der Waals surface area contributed by atoms with Crippen LogP contribution in [0.3, 0.4) is 0 Å². The number of ether oxygens (including phenoxy) is 1. The van der Waals surface area contributed by atoms with Crippen molar-refractivity contribution < 1.29 is 9.15 Å². The molecule has 1 atom stereocenters. The van der Waals surface area contributed by atoms with Crippen LogP contribution >= 0.6 is 0 Å². The Balaban J connectivity index is 1.76. The fraction of sp³-hybridized carbons (Fsp3) is 0.375. The highest BCUT2D eigenvalue weighted by atomic mass is 16.5. The molecule has 5 nitrogen and oxygen atoms in total. The van der Waals surface area contributed by atoms with Crippen LogP contribution < -0.4 is 5.32 Å². The van der Waals surface area contributed by atoms with E-state index in [0.29, 0.717) is 0 Å². The van der Waals surface area contributed by atoms with Gasteiger partial charge in [0.2, 0.25) is 0 Å². The highest BCUT2D eigenvalue weighted by Gasteiger charge is 2.18. The first kappa shape index (κ1) is 12.6. The number of rotatable bonds is 3. The molecule has 0 unspecified atom stereocenters. The summed E-state index contributed by atoms with van der Waals surface area (Å²) in [5.41, 5.74) is 2.43. The van der Waals surface area contributed by atoms with Crippen molar-refractivity contribution in [3.05, 3.63) is 30.1 Å². The number of benzene rings is 1. The van der Waals surface area contributed by atoms with E-state index in [2.05, 4.69) is 15.3 Å². The van der Waals surface area contributed by atoms with Gasteiger partial charge in [0.25, 0.3) is 0 Å². The Morgan fingerprint density at radius 2 is 2.19 bits per heavy atom. The monoisotopic (exact) mass is 283 g/mol. The summed E-state index contributed by atoms with van der Waals surface area (Å²) in [6.45, 7) is 3.51. The Kier molecular flexibility index (Phi) is 3.00. The number of nitrogens with one attached hydrogen (secondary N) is 1. The molecule has 2 aromatic heterocycles. The predicted octanol–water partition coefficient (Wildman–Crippen LogP) is 3.28. The van der Waals surface area contributed by atoms with E-state index in [-0.39, 0.29) is 6.10 Å². The van der Waals surface area contributed by atoms with Crippen molar-refractivity contribution in [3.8, 4) is 0 Å². The van der Waals surface area contributed by atoms with Crippen molar-refractivity contribution in [1.82, 2.24) is 9.97 Å². The molecule has 1 aliphatic rings. The average molecular weight is 283 g/mol. The van der Waals surface area contributed by atoms with Crippen molar-refractivity contribution >= 4 is 27.9 Å². The molecule has 0 saturated carbocycles. The first-order chi connectivity index (χ1) is 10.3. The summed E-state index contributed by atoms with van der Waals surface area (Å²) in [5.74, 6) is 1.49. The van der Waals surface area contributed by atoms with E-state index in [1.165, 1.54) is 0 Å². The van der Waals surface area contributed by atoms with Crippen LogP contribution in [0.4, 0.5) is 5.82 Å². The molecule has 108 valence electrons. The second kappa shape index (κ2) is 5.00. The Labute approximate surface area is 122 Å². The molecule has 0 amide bonds. The number of nitrogens with zero attached hydrogens (tertiary/aromatic N) is 2. The third-order valence-electron chi connectivity index (χ3n) is 3.85. The SMILES string of the molecule is Cc1nc(NC[C@H]2CCCO2)c2oc3ccccc3c2n1. The second-order valence-corrected chi connectivity index (χ2v) is 5.41. The van der Waals surface area contributed by atoms with Gasteiger partial charge in [0.05, 0.1) is 6.10 Å². The predicted molar refractivity (Wildman–Crippen MR) is 81.5 cm³/mol. The molecule has 1 aromatic carbocycles. The van der Waals surface area contributed by atoms with E-state index in [0.717, 1.165) is 59.7 Å². The molecule has 1 aliphatic heterocycles. The standard InChI is InChI=1S/C16H17N3O2/c1-10-18-14-12-6-2-3-7-13(12)21-15(14)16(19-10)17-9-11-5-4-8-20-11/h2-3,6-7,11H,4-5,8-9H2,1H3,(H,17,18,19)/t11-/m1/s1. The number of anilines is 1. The van der Waals surface area contributed by atoms with E-state index < -0.39 is 0 Å². The number of aryl methyl sites for hydroxylation is 1. The summed E-state index contributed by atoms with van der Waals surface area (Å²) in [5, 5.41) is 4.39. The summed E-state index contributed by atoms with van der Waals surface area (Å²) < 4.78 is 11.6. The minimum absolute atomic E-state index is 0.264. The Hall–Kier alpha value is -2.14. The summed E-state index contributed by atoms with van der Waals surface area (Å²) in [7, 11) is 0. The number of hydrogen-bond acceptors (Lipinski definition) is 5. The molecular formula is C16H17N3O2. The molecule has 3 aromatic rings. The summed E-state index contributed by atoms with van der Waals surface area (Å²) in [6, 6.07) is 7.94. The summed E-state index contributed by atoms with van der Waals surface area (Å²) in [4.78, 5) is 9.01. The Morgan fingerprint density at radius 1 is 1.29 bits per heavy atom. The minimum Gasteiger partial charge on any atom is -0.450 e. The van der Waals surface area contributed by atoms with Gasteiger partial charge in [-0.2, -0.15) is 0 Å². The van der Waals surface area contributed by atoms with Crippen LogP contribution in [0.5, 0.6) is 0 Å². The molecule has 1 fully saturated rings. The quantitative estimate of drug-likeness (QED) is 0.799. The summed E-state index contributed by atoms with van der Waals surface area (Å²) in [6.07, 6.45) is 2.50. The lowest BCUT2D eigenvalue weighted by atomic mass is 10.2. The number of furan rings is 1. The third kappa shape index (κ3) is 2.23. The van der Waals surface area contributed by atoms with Crippen LogP contribution in [0, 0.1) is 6.92 Å². The lowest BCUT2D eigenvalue weighted by Gasteiger charge is -2.11. The van der Waals surface area contributed by atoms with E-state index in [1.807, 2.05) is 31.2 Å². The molecule has 0 aliphatic carbocycles. The van der Waals surface area contributed by atoms with Gasteiger partial charge in [-0.15, -0.1) is 0 Å². The van der Waals surface area contributed by atoms with Crippen molar-refractivity contribution in [2.24, 2.45) is 0 Å². The van der Waals surface area contributed by atoms with Gasteiger partial charge in [0.15, 0.2) is 11.4 Å². The van der Waals surface area contributed by atoms with E-state index in [9.17, 15) is 0 Å². The van der Waals surface area contributed by atoms with Gasteiger partial charge < -0.3 is 14.5 Å². The first-order valence-electron chi connectivity index (χ1n) is 7.32. The van der Waals surface area contributed by atoms with Crippen LogP contribution in [0.15, 0.2) is 28.7 Å². The number of aromatic nitrogens is 2. The average Bonchev–Trinajstić information content (AvgIpc) is 3.12. The van der Waals surface area contributed by atoms with Crippen LogP contribution in [0.25, 0.3) is 22.1 Å². The third-order valence-corrected chi connectivity index (χ3v) is 3.85. The van der Waals surface area contributed by atoms with Crippen molar-refractivity contribution in [3.63, 3.8) is 0 Å². The second-order valence-electron chi connectivity index (χ2n) is 5.41.